The molecule has 1 N–H and O–H groups in total. The molecule has 0 aliphatic heterocycles. The second kappa shape index (κ2) is 10.1. The predicted molar refractivity (Wildman–Crippen MR) is 103 cm³/mol. The maximum Gasteiger partial charge on any atom is 0.387 e. The van der Waals surface area contributed by atoms with Gasteiger partial charge in [-0.1, -0.05) is 35.3 Å². The van der Waals surface area contributed by atoms with Gasteiger partial charge in [0.1, 0.15) is 5.75 Å². The number of carbonyl (C=O) groups is 2. The average Bonchev–Trinajstić information content (AvgIpc) is 2.59. The summed E-state index contributed by atoms with van der Waals surface area (Å²) in [5, 5.41) is 3.24. The molecule has 2 aromatic rings. The van der Waals surface area contributed by atoms with Gasteiger partial charge in [0.2, 0.25) is 0 Å². The molecule has 0 bridgehead atoms. The van der Waals surface area contributed by atoms with Crippen LogP contribution in [0.2, 0.25) is 10.0 Å². The molecular formula is C19H15Cl2F2NO4. The van der Waals surface area contributed by atoms with Gasteiger partial charge in [-0.05, 0) is 48.9 Å². The number of amides is 1. The van der Waals surface area contributed by atoms with Gasteiger partial charge < -0.3 is 14.8 Å². The summed E-state index contributed by atoms with van der Waals surface area (Å²) in [5.41, 5.74) is 0.927. The number of ether oxygens (including phenoxy) is 2. The highest BCUT2D eigenvalue weighted by Gasteiger charge is 2.17. The molecule has 5 nitrogen and oxygen atoms in total. The van der Waals surface area contributed by atoms with Crippen LogP contribution < -0.4 is 10.1 Å². The van der Waals surface area contributed by atoms with E-state index in [1.54, 1.807) is 0 Å². The van der Waals surface area contributed by atoms with E-state index in [9.17, 15) is 18.4 Å². The first kappa shape index (κ1) is 21.7. The average molecular weight is 430 g/mol. The molecule has 0 aliphatic rings. The Bertz CT molecular complexity index is 852. The number of benzene rings is 2. The van der Waals surface area contributed by atoms with E-state index < -0.39 is 24.6 Å². The van der Waals surface area contributed by atoms with Crippen molar-refractivity contribution in [3.63, 3.8) is 0 Å². The molecule has 9 heteroatoms. The van der Waals surface area contributed by atoms with E-state index in [1.165, 1.54) is 55.5 Å². The van der Waals surface area contributed by atoms with Gasteiger partial charge in [-0.15, -0.1) is 0 Å². The Balaban J connectivity index is 1.88. The van der Waals surface area contributed by atoms with Crippen molar-refractivity contribution < 1.29 is 27.8 Å². The lowest BCUT2D eigenvalue weighted by Gasteiger charge is -2.12. The normalized spacial score (nSPS) is 12.1. The highest BCUT2D eigenvalue weighted by molar-refractivity contribution is 6.35. The largest absolute Gasteiger partial charge is 0.449 e. The molecule has 1 amide bonds. The van der Waals surface area contributed by atoms with Crippen LogP contribution in [-0.4, -0.2) is 24.6 Å². The molecule has 2 rings (SSSR count). The lowest BCUT2D eigenvalue weighted by atomic mass is 10.2. The second-order valence-corrected chi connectivity index (χ2v) is 6.38. The first-order valence-electron chi connectivity index (χ1n) is 7.93. The zero-order valence-corrected chi connectivity index (χ0v) is 16.0. The molecule has 0 aromatic heterocycles. The summed E-state index contributed by atoms with van der Waals surface area (Å²) < 4.78 is 33.4. The van der Waals surface area contributed by atoms with Crippen LogP contribution in [0.1, 0.15) is 12.5 Å². The van der Waals surface area contributed by atoms with Crippen molar-refractivity contribution in [2.45, 2.75) is 19.6 Å². The molecule has 0 radical (unpaired) electrons. The standard InChI is InChI=1S/C19H15Cl2F2NO4/c1-11(18(26)24-15-9-13(20)8-14(21)10-15)27-17(25)7-4-12-2-5-16(6-3-12)28-19(22)23/h2-11,19H,1H3,(H,24,26)/b7-4+/t11-/m0/s1. The van der Waals surface area contributed by atoms with Crippen molar-refractivity contribution in [1.29, 1.82) is 0 Å². The van der Waals surface area contributed by atoms with Crippen LogP contribution in [0.5, 0.6) is 5.75 Å². The molecule has 148 valence electrons. The zero-order chi connectivity index (χ0) is 20.7. The summed E-state index contributed by atoms with van der Waals surface area (Å²) >= 11 is 11.7. The maximum atomic E-state index is 12.1. The highest BCUT2D eigenvalue weighted by atomic mass is 35.5. The summed E-state index contributed by atoms with van der Waals surface area (Å²) in [5.74, 6) is -1.31. The number of anilines is 1. The number of rotatable bonds is 7. The molecule has 2 aromatic carbocycles. The summed E-state index contributed by atoms with van der Waals surface area (Å²) in [6, 6.07) is 10.2. The number of halogens is 4. The highest BCUT2D eigenvalue weighted by Crippen LogP contribution is 2.22. The first-order chi connectivity index (χ1) is 13.2. The Morgan fingerprint density at radius 3 is 2.25 bits per heavy atom. The van der Waals surface area contributed by atoms with Gasteiger partial charge in [0.05, 0.1) is 0 Å². The van der Waals surface area contributed by atoms with Crippen LogP contribution in [-0.2, 0) is 14.3 Å². The van der Waals surface area contributed by atoms with E-state index in [0.29, 0.717) is 21.3 Å². The topological polar surface area (TPSA) is 64.6 Å². The number of nitrogens with one attached hydrogen (secondary N) is 1. The Morgan fingerprint density at radius 2 is 1.68 bits per heavy atom. The van der Waals surface area contributed by atoms with Crippen molar-refractivity contribution in [2.24, 2.45) is 0 Å². The van der Waals surface area contributed by atoms with Crippen LogP contribution in [0.3, 0.4) is 0 Å². The quantitative estimate of drug-likeness (QED) is 0.486. The third kappa shape index (κ3) is 7.17. The summed E-state index contributed by atoms with van der Waals surface area (Å²) in [4.78, 5) is 23.9. The van der Waals surface area contributed by atoms with Crippen LogP contribution in [0.15, 0.2) is 48.5 Å². The van der Waals surface area contributed by atoms with E-state index in [2.05, 4.69) is 10.1 Å². The minimum absolute atomic E-state index is 0.00105. The van der Waals surface area contributed by atoms with Crippen LogP contribution >= 0.6 is 23.2 Å². The fourth-order valence-electron chi connectivity index (χ4n) is 2.06. The van der Waals surface area contributed by atoms with Gasteiger partial charge in [-0.25, -0.2) is 4.79 Å². The van der Waals surface area contributed by atoms with Crippen molar-refractivity contribution in [3.8, 4) is 5.75 Å². The molecule has 1 atom stereocenters. The van der Waals surface area contributed by atoms with E-state index in [0.717, 1.165) is 6.08 Å². The monoisotopic (exact) mass is 429 g/mol. The number of hydrogen-bond donors (Lipinski definition) is 1. The van der Waals surface area contributed by atoms with E-state index in [1.807, 2.05) is 0 Å². The number of alkyl halides is 2. The minimum atomic E-state index is -2.91. The molecular weight excluding hydrogens is 415 g/mol. The molecule has 0 unspecified atom stereocenters. The molecule has 0 heterocycles. The lowest BCUT2D eigenvalue weighted by molar-refractivity contribution is -0.148. The number of carbonyl (C=O) groups excluding carboxylic acids is 2. The van der Waals surface area contributed by atoms with Gasteiger partial charge in [0, 0.05) is 21.8 Å². The molecule has 28 heavy (non-hydrogen) atoms. The zero-order valence-electron chi connectivity index (χ0n) is 14.5. The Morgan fingerprint density at radius 1 is 1.07 bits per heavy atom. The van der Waals surface area contributed by atoms with Crippen LogP contribution in [0.4, 0.5) is 14.5 Å². The Hall–Kier alpha value is -2.64. The molecule has 0 fully saturated rings. The smallest absolute Gasteiger partial charge is 0.387 e. The van der Waals surface area contributed by atoms with Gasteiger partial charge in [-0.3, -0.25) is 4.79 Å². The second-order valence-electron chi connectivity index (χ2n) is 5.51. The Labute approximate surface area is 169 Å². The molecule has 0 spiro atoms. The molecule has 0 saturated heterocycles. The maximum absolute atomic E-state index is 12.1. The van der Waals surface area contributed by atoms with Crippen molar-refractivity contribution in [2.75, 3.05) is 5.32 Å². The molecule has 0 aliphatic carbocycles. The lowest BCUT2D eigenvalue weighted by Crippen LogP contribution is -2.29. The van der Waals surface area contributed by atoms with Crippen LogP contribution in [0, 0.1) is 0 Å². The predicted octanol–water partition coefficient (Wildman–Crippen LogP) is 5.18. The third-order valence-corrected chi connectivity index (χ3v) is 3.75. The fraction of sp³-hybridized carbons (Fsp3) is 0.158. The first-order valence-corrected chi connectivity index (χ1v) is 8.69. The molecule has 0 saturated carbocycles. The van der Waals surface area contributed by atoms with Crippen molar-refractivity contribution >= 4 is 46.8 Å². The van der Waals surface area contributed by atoms with E-state index >= 15 is 0 Å². The van der Waals surface area contributed by atoms with Gasteiger partial charge in [0.25, 0.3) is 5.91 Å². The SMILES string of the molecule is C[C@H](OC(=O)/C=C/c1ccc(OC(F)F)cc1)C(=O)Nc1cc(Cl)cc(Cl)c1. The summed E-state index contributed by atoms with van der Waals surface area (Å²) in [6.07, 6.45) is 1.45. The third-order valence-electron chi connectivity index (χ3n) is 3.31. The number of hydrogen-bond acceptors (Lipinski definition) is 4. The van der Waals surface area contributed by atoms with Crippen LogP contribution in [0.25, 0.3) is 6.08 Å². The van der Waals surface area contributed by atoms with Gasteiger partial charge in [-0.2, -0.15) is 8.78 Å². The Kier molecular flexibility index (Phi) is 7.78. The van der Waals surface area contributed by atoms with Crippen molar-refractivity contribution in [1.82, 2.24) is 0 Å². The van der Waals surface area contributed by atoms with Crippen molar-refractivity contribution in [3.05, 3.63) is 64.1 Å². The summed E-state index contributed by atoms with van der Waals surface area (Å²) in [7, 11) is 0. The van der Waals surface area contributed by atoms with E-state index in [-0.39, 0.29) is 5.75 Å². The van der Waals surface area contributed by atoms with Gasteiger partial charge >= 0.3 is 12.6 Å². The van der Waals surface area contributed by atoms with Gasteiger partial charge in [0.15, 0.2) is 6.10 Å². The number of esters is 1. The minimum Gasteiger partial charge on any atom is -0.449 e. The summed E-state index contributed by atoms with van der Waals surface area (Å²) in [6.45, 7) is -1.50. The fourth-order valence-corrected chi connectivity index (χ4v) is 2.59. The van der Waals surface area contributed by atoms with E-state index in [4.69, 9.17) is 27.9 Å².